The van der Waals surface area contributed by atoms with Crippen LogP contribution in [0.4, 0.5) is 5.69 Å². The van der Waals surface area contributed by atoms with Crippen LogP contribution in [0.3, 0.4) is 0 Å². The van der Waals surface area contributed by atoms with Crippen molar-refractivity contribution >= 4 is 100 Å². The Labute approximate surface area is 648 Å². The molecule has 38 nitrogen and oxygen atoms in total. The topological polar surface area (TPSA) is 536 Å². The average Bonchev–Trinajstić information content (AvgIpc) is 1.67. The molecule has 5 amide bonds. The number of H-pyrrole nitrogens is 1. The number of nitrogens with one attached hydrogen (secondary N) is 7. The lowest BCUT2D eigenvalue weighted by Crippen LogP contribution is -2.56. The van der Waals surface area contributed by atoms with Crippen molar-refractivity contribution in [1.82, 2.24) is 80.7 Å². The summed E-state index contributed by atoms with van der Waals surface area (Å²) in [5.74, 6) is -15.0. The van der Waals surface area contributed by atoms with Gasteiger partial charge in [0.25, 0.3) is 0 Å². The largest absolute Gasteiger partial charge is 0.549 e. The number of carboxylic acid groups (broad SMARTS) is 8. The van der Waals surface area contributed by atoms with Gasteiger partial charge in [0.2, 0.25) is 29.5 Å². The molecule has 2 aliphatic heterocycles. The predicted octanol–water partition coefficient (Wildman–Crippen LogP) is -13.2. The number of aliphatic carboxylic acids is 8. The highest BCUT2D eigenvalue weighted by Crippen LogP contribution is 2.36. The number of amides is 5. The van der Waals surface area contributed by atoms with Crippen LogP contribution in [0.5, 0.6) is 0 Å². The van der Waals surface area contributed by atoms with Crippen LogP contribution >= 0.6 is 12.2 Å². The summed E-state index contributed by atoms with van der Waals surface area (Å²) in [4.78, 5) is 187. The van der Waals surface area contributed by atoms with E-state index >= 15 is 0 Å². The Balaban J connectivity index is 1.23. The third kappa shape index (κ3) is 32.5. The molecule has 612 valence electrons. The highest BCUT2D eigenvalue weighted by molar-refractivity contribution is 7.80. The summed E-state index contributed by atoms with van der Waals surface area (Å²) in [6.07, 6.45) is 3.11. The second-order valence-corrected chi connectivity index (χ2v) is 28.1. The molecule has 2 aromatic carbocycles. The molecule has 3 aliphatic rings. The number of carboxylic acids is 8. The molecular formula is C72H99N17O21S-8. The Hall–Kier alpha value is -9.87. The molecule has 7 N–H and O–H groups in total. The molecule has 39 heteroatoms. The number of anilines is 1. The summed E-state index contributed by atoms with van der Waals surface area (Å²) in [5, 5.41) is 114. The zero-order valence-corrected chi connectivity index (χ0v) is 63.3. The minimum absolute atomic E-state index is 0.00253. The summed E-state index contributed by atoms with van der Waals surface area (Å²) in [6, 6.07) is 8.56. The van der Waals surface area contributed by atoms with Crippen LogP contribution in [0.25, 0.3) is 0 Å². The number of carbonyl (C=O) groups excluding carboxylic acids is 13. The zero-order chi connectivity index (χ0) is 81.1. The Morgan fingerprint density at radius 1 is 0.550 bits per heavy atom. The first-order chi connectivity index (χ1) is 52.9. The van der Waals surface area contributed by atoms with Crippen LogP contribution in [0.2, 0.25) is 0 Å². The molecule has 0 saturated carbocycles. The first-order valence-electron chi connectivity index (χ1n) is 37.0. The normalized spacial score (nSPS) is 18.0. The Morgan fingerprint density at radius 3 is 1.42 bits per heavy atom. The molecule has 1 aliphatic carbocycles. The van der Waals surface area contributed by atoms with Crippen molar-refractivity contribution in [2.75, 3.05) is 176 Å². The number of fused-ring (bicyclic) bond motifs is 1. The van der Waals surface area contributed by atoms with E-state index in [-0.39, 0.29) is 161 Å². The maximum absolute atomic E-state index is 14.5. The number of imidazole rings is 1. The second kappa shape index (κ2) is 46.7. The van der Waals surface area contributed by atoms with Crippen molar-refractivity contribution in [3.05, 3.63) is 83.4 Å². The van der Waals surface area contributed by atoms with Crippen LogP contribution in [0.15, 0.2) is 61.1 Å². The summed E-state index contributed by atoms with van der Waals surface area (Å²) in [5.41, 5.74) is 3.64. The summed E-state index contributed by atoms with van der Waals surface area (Å²) in [6.45, 7) is -3.35. The highest BCUT2D eigenvalue weighted by Gasteiger charge is 2.37. The lowest BCUT2D eigenvalue weighted by Gasteiger charge is -2.38. The number of nitrogens with zero attached hydrogens (tertiary/aromatic N) is 10. The predicted molar refractivity (Wildman–Crippen MR) is 383 cm³/mol. The molecule has 1 unspecified atom stereocenters. The number of carbonyl (C=O) groups is 13. The average molecular weight is 1570 g/mol. The van der Waals surface area contributed by atoms with E-state index in [4.69, 9.17) is 12.2 Å². The maximum Gasteiger partial charge on any atom is 0.243 e. The number of thiocarbonyl (C=S) groups is 1. The van der Waals surface area contributed by atoms with Gasteiger partial charge in [-0.2, -0.15) is 0 Å². The van der Waals surface area contributed by atoms with Gasteiger partial charge in [0.1, 0.15) is 12.1 Å². The Kier molecular flexibility index (Phi) is 37.9. The lowest BCUT2D eigenvalue weighted by atomic mass is 9.92. The monoisotopic (exact) mass is 1570 g/mol. The van der Waals surface area contributed by atoms with Crippen molar-refractivity contribution in [2.45, 2.75) is 107 Å². The van der Waals surface area contributed by atoms with Crippen molar-refractivity contribution in [3.63, 3.8) is 0 Å². The van der Waals surface area contributed by atoms with Crippen molar-refractivity contribution in [1.29, 1.82) is 0 Å². The second-order valence-electron chi connectivity index (χ2n) is 27.7. The van der Waals surface area contributed by atoms with Gasteiger partial charge < -0.3 is 121 Å². The fraction of sp³-hybridized carbons (Fsp3) is 0.597. The molecule has 0 spiro atoms. The molecule has 6 atom stereocenters. The quantitative estimate of drug-likeness (QED) is 0.0260. The van der Waals surface area contributed by atoms with Crippen LogP contribution in [0, 0.1) is 0 Å². The Morgan fingerprint density at radius 2 is 1.00 bits per heavy atom. The molecule has 6 rings (SSSR count). The fourth-order valence-electron chi connectivity index (χ4n) is 13.9. The van der Waals surface area contributed by atoms with Crippen molar-refractivity contribution in [3.8, 4) is 0 Å². The molecule has 1 aromatic heterocycles. The van der Waals surface area contributed by atoms with Crippen LogP contribution in [-0.4, -0.2) is 337 Å². The minimum Gasteiger partial charge on any atom is -0.549 e. The molecular weight excluding hydrogens is 1470 g/mol. The van der Waals surface area contributed by atoms with Gasteiger partial charge in [-0.25, -0.2) is 4.98 Å². The first kappa shape index (κ1) is 90.0. The van der Waals surface area contributed by atoms with Crippen molar-refractivity contribution < 1.29 is 103 Å². The number of aromatic nitrogens is 2. The van der Waals surface area contributed by atoms with E-state index in [2.05, 4.69) is 41.9 Å². The number of benzene rings is 2. The molecule has 3 heterocycles. The van der Waals surface area contributed by atoms with Gasteiger partial charge in [-0.05, 0) is 79.6 Å². The van der Waals surface area contributed by atoms with E-state index in [1.807, 2.05) is 24.3 Å². The zero-order valence-electron chi connectivity index (χ0n) is 62.4. The van der Waals surface area contributed by atoms with E-state index in [1.54, 1.807) is 37.4 Å². The third-order valence-corrected chi connectivity index (χ3v) is 19.8. The van der Waals surface area contributed by atoms with Gasteiger partial charge in [0, 0.05) is 232 Å². The molecule has 111 heavy (non-hydrogen) atoms. The van der Waals surface area contributed by atoms with Crippen LogP contribution < -0.4 is 72.8 Å². The van der Waals surface area contributed by atoms with E-state index < -0.39 is 166 Å². The molecule has 0 radical (unpaired) electrons. The van der Waals surface area contributed by atoms with Gasteiger partial charge in [-0.3, -0.25) is 63.2 Å². The van der Waals surface area contributed by atoms with E-state index in [0.717, 1.165) is 11.1 Å². The van der Waals surface area contributed by atoms with Crippen LogP contribution in [0.1, 0.15) is 80.2 Å². The fourth-order valence-corrected chi connectivity index (χ4v) is 14.2. The van der Waals surface area contributed by atoms with E-state index in [1.165, 1.54) is 57.5 Å². The minimum atomic E-state index is -1.62. The molecule has 0 bridgehead atoms. The lowest BCUT2D eigenvalue weighted by molar-refractivity contribution is -0.313. The molecule has 2 fully saturated rings. The van der Waals surface area contributed by atoms with Gasteiger partial charge in [-0.15, -0.1) is 0 Å². The third-order valence-electron chi connectivity index (χ3n) is 19.6. The van der Waals surface area contributed by atoms with Gasteiger partial charge in [0.15, 0.2) is 5.11 Å². The number of aromatic amines is 1. The molecule has 2 saturated heterocycles. The number of aryl methyl sites for hydroxylation is 1. The first-order valence-corrected chi connectivity index (χ1v) is 37.4. The number of rotatable bonds is 40. The van der Waals surface area contributed by atoms with Gasteiger partial charge in [-0.1, -0.05) is 43.3 Å². The van der Waals surface area contributed by atoms with E-state index in [9.17, 15) is 103 Å². The SMILES string of the molecule is CCCC(=O)N(CCNC(=O)CC[C@@H](C(=O)[O-])N1CCN(CC(=O)[O-])CCN(CC(=O)[O-])CCN(CC(=O)[O-])CC1)C[C@H](Cc1ccc(NC(=S)N[C@H](C(=O)N[C@@H](Cc2cnc[nH]2)C(=O)NC)C2CCc3ccccc32)cc1)NC(=O)CC[C@@H](C(=O)[O-])N1CCN(CC(=O)[O-])CCN(CC(=O)[O-])CCN(CC(=O)[O-])CC1. The highest BCUT2D eigenvalue weighted by atomic mass is 32.1. The summed E-state index contributed by atoms with van der Waals surface area (Å²) >= 11 is 5.86. The molecule has 3 aromatic rings. The van der Waals surface area contributed by atoms with E-state index in [0.29, 0.717) is 36.2 Å². The number of hydrogen-bond acceptors (Lipinski definition) is 31. The number of hydrogen-bond donors (Lipinski definition) is 7. The van der Waals surface area contributed by atoms with Crippen LogP contribution in [-0.2, 0) is 81.6 Å². The van der Waals surface area contributed by atoms with Gasteiger partial charge >= 0.3 is 0 Å². The van der Waals surface area contributed by atoms with Crippen molar-refractivity contribution in [2.24, 2.45) is 0 Å². The van der Waals surface area contributed by atoms with Gasteiger partial charge in [0.05, 0.1) is 60.1 Å². The standard InChI is InChI=1S/C72H107N17O21S/c1-3-6-60(92)89(20-19-75-58(90)17-15-56(70(107)108)87-33-29-83(43-63(97)98)25-21-81(41-61(93)94)22-26-84(30-34-87)44-64(99)100)40-52(77-59(91)18-16-57(71(109)110)88-35-31-85(45-65(101)102)27-23-82(42-62(95)96)24-28-86(32-36-88)46-66(103)104)37-48-9-12-50(13-10-48)78-72(111)80-67(54-14-11-49-7-4-5-8-53(49)54)69(106)79-55(68(105)73-2)38-51-39-74-47-76-51/h4-5,7-10,12-13,39,47,52,54-57,67H,3,6,11,14-38,40-46H2,1-2H3,(H,73,105)(H,74,76)(H,75,90)(H,77,91)(H,79,106)(H,93,94)(H,95,96)(H,97,98)(H,99,100)(H,101,102)(H,103,104)(H,107,108)(H,109,110)(H2,78,80,111)/p-8/t52-,54?,55-,56-,57-,67-/m0/s1. The number of likely N-dealkylation sites (N-methyl/N-ethyl adjacent to an activating group) is 1. The summed E-state index contributed by atoms with van der Waals surface area (Å²) in [7, 11) is 1.46. The summed E-state index contributed by atoms with van der Waals surface area (Å²) < 4.78 is 0. The maximum atomic E-state index is 14.5. The Bertz CT molecular complexity index is 3550. The smallest absolute Gasteiger partial charge is 0.243 e.